The first-order chi connectivity index (χ1) is 18.0. The number of fused-ring (bicyclic) bond motifs is 1. The van der Waals surface area contributed by atoms with Crippen LogP contribution < -0.4 is 11.1 Å². The summed E-state index contributed by atoms with van der Waals surface area (Å²) in [4.78, 5) is 30.3. The van der Waals surface area contributed by atoms with Gasteiger partial charge in [0.1, 0.15) is 17.6 Å². The molecule has 8 nitrogen and oxygen atoms in total. The number of amides is 1. The number of aliphatic imine (C=N–C) groups is 2. The molecule has 0 saturated carbocycles. The highest BCUT2D eigenvalue weighted by Crippen LogP contribution is 2.30. The smallest absolute Gasteiger partial charge is 0.228 e. The Kier molecular flexibility index (Phi) is 7.76. The van der Waals surface area contributed by atoms with E-state index in [1.165, 1.54) is 0 Å². The summed E-state index contributed by atoms with van der Waals surface area (Å²) in [6, 6.07) is 25.8. The fourth-order valence-electron chi connectivity index (χ4n) is 3.85. The summed E-state index contributed by atoms with van der Waals surface area (Å²) < 4.78 is 0. The van der Waals surface area contributed by atoms with Crippen molar-refractivity contribution in [1.29, 1.82) is 5.26 Å². The molecule has 0 spiro atoms. The molecule has 4 aromatic rings. The van der Waals surface area contributed by atoms with Gasteiger partial charge in [0.15, 0.2) is 0 Å². The minimum atomic E-state index is -0.408. The van der Waals surface area contributed by atoms with Crippen LogP contribution in [0.25, 0.3) is 22.3 Å². The van der Waals surface area contributed by atoms with Crippen molar-refractivity contribution >= 4 is 40.8 Å². The third kappa shape index (κ3) is 6.10. The van der Waals surface area contributed by atoms with Crippen LogP contribution in [0.5, 0.6) is 0 Å². The molecule has 0 bridgehead atoms. The number of amidine groups is 1. The maximum atomic E-state index is 12.7. The molecule has 0 aliphatic carbocycles. The molecule has 3 N–H and O–H groups in total. The molecule has 2 aromatic heterocycles. The standard InChI is InChI=1S/C29H25N7O/c1-19(24-12-6-11-23(18-30)35-24)34-27(37)17-26(31)36-29(20-8-4-3-5-9-20)28(32-2)22-13-14-25-21(16-22)10-7-15-33-25/h3-16,19H,2,17H2,1H3,(H2,31,36)(H,34,37)/b29-28-. The van der Waals surface area contributed by atoms with Crippen molar-refractivity contribution < 1.29 is 4.79 Å². The normalized spacial score (nSPS) is 12.8. The first-order valence-electron chi connectivity index (χ1n) is 11.6. The Labute approximate surface area is 214 Å². The lowest BCUT2D eigenvalue weighted by molar-refractivity contribution is -0.120. The highest BCUT2D eigenvalue weighted by molar-refractivity contribution is 6.04. The lowest BCUT2D eigenvalue weighted by Crippen LogP contribution is -2.31. The lowest BCUT2D eigenvalue weighted by atomic mass is 10.0. The van der Waals surface area contributed by atoms with E-state index in [9.17, 15) is 4.79 Å². The van der Waals surface area contributed by atoms with Gasteiger partial charge < -0.3 is 11.1 Å². The number of nitrogens with one attached hydrogen (secondary N) is 1. The molecule has 1 amide bonds. The maximum Gasteiger partial charge on any atom is 0.228 e. The summed E-state index contributed by atoms with van der Waals surface area (Å²) in [6.45, 7) is 5.57. The largest absolute Gasteiger partial charge is 0.387 e. The maximum absolute atomic E-state index is 12.7. The number of carbonyl (C=O) groups excluding carboxylic acids is 1. The third-order valence-electron chi connectivity index (χ3n) is 5.61. The molecule has 0 fully saturated rings. The first kappa shape index (κ1) is 24.9. The molecule has 0 aliphatic rings. The van der Waals surface area contributed by atoms with Crippen molar-refractivity contribution in [2.75, 3.05) is 0 Å². The van der Waals surface area contributed by atoms with Crippen LogP contribution in [0.15, 0.2) is 95.0 Å². The van der Waals surface area contributed by atoms with Gasteiger partial charge in [-0.25, -0.2) is 9.98 Å². The van der Waals surface area contributed by atoms with Crippen molar-refractivity contribution in [3.63, 3.8) is 0 Å². The zero-order chi connectivity index (χ0) is 26.2. The average molecular weight is 488 g/mol. The molecule has 1 unspecified atom stereocenters. The first-order valence-corrected chi connectivity index (χ1v) is 11.6. The molecule has 4 rings (SSSR count). The number of hydrogen-bond acceptors (Lipinski definition) is 6. The van der Waals surface area contributed by atoms with Crippen molar-refractivity contribution in [3.8, 4) is 6.07 Å². The summed E-state index contributed by atoms with van der Waals surface area (Å²) in [5.74, 6) is -0.207. The summed E-state index contributed by atoms with van der Waals surface area (Å²) in [5, 5.41) is 12.9. The molecule has 0 saturated heterocycles. The Bertz CT molecular complexity index is 1550. The number of benzene rings is 2. The zero-order valence-electron chi connectivity index (χ0n) is 20.3. The number of nitriles is 1. The van der Waals surface area contributed by atoms with E-state index in [1.807, 2.05) is 66.7 Å². The van der Waals surface area contributed by atoms with Crippen LogP contribution in [-0.4, -0.2) is 28.4 Å². The van der Waals surface area contributed by atoms with Gasteiger partial charge in [0.2, 0.25) is 5.91 Å². The molecule has 0 aliphatic heterocycles. The predicted molar refractivity (Wildman–Crippen MR) is 146 cm³/mol. The Morgan fingerprint density at radius 1 is 1.05 bits per heavy atom. The lowest BCUT2D eigenvalue weighted by Gasteiger charge is -2.14. The Hall–Kier alpha value is -5.16. The predicted octanol–water partition coefficient (Wildman–Crippen LogP) is 4.65. The number of aromatic nitrogens is 2. The van der Waals surface area contributed by atoms with Crippen molar-refractivity contribution in [2.24, 2.45) is 15.7 Å². The van der Waals surface area contributed by atoms with E-state index in [-0.39, 0.29) is 23.9 Å². The van der Waals surface area contributed by atoms with Crippen molar-refractivity contribution in [2.45, 2.75) is 19.4 Å². The topological polar surface area (TPSA) is 129 Å². The number of nitrogens with two attached hydrogens (primary N) is 1. The number of rotatable bonds is 8. The summed E-state index contributed by atoms with van der Waals surface area (Å²) >= 11 is 0. The summed E-state index contributed by atoms with van der Waals surface area (Å²) in [5.41, 5.74) is 10.6. The number of carbonyl (C=O) groups is 1. The van der Waals surface area contributed by atoms with Gasteiger partial charge in [-0.1, -0.05) is 48.5 Å². The van der Waals surface area contributed by atoms with Gasteiger partial charge >= 0.3 is 0 Å². The fourth-order valence-corrected chi connectivity index (χ4v) is 3.85. The fraction of sp³-hybridized carbons (Fsp3) is 0.103. The number of pyridine rings is 2. The van der Waals surface area contributed by atoms with Crippen LogP contribution in [0, 0.1) is 11.3 Å². The van der Waals surface area contributed by atoms with Crippen molar-refractivity contribution in [1.82, 2.24) is 15.3 Å². The SMILES string of the molecule is C=N/C(=C(\N=C(N)CC(=O)NC(C)c1cccc(C#N)n1)c1ccccc1)c1ccc2ncccc2c1. The van der Waals surface area contributed by atoms with Crippen molar-refractivity contribution in [3.05, 3.63) is 108 Å². The highest BCUT2D eigenvalue weighted by atomic mass is 16.1. The molecule has 37 heavy (non-hydrogen) atoms. The average Bonchev–Trinajstić information content (AvgIpc) is 2.93. The Morgan fingerprint density at radius 3 is 2.62 bits per heavy atom. The van der Waals surface area contributed by atoms with E-state index >= 15 is 0 Å². The van der Waals surface area contributed by atoms with E-state index in [2.05, 4.69) is 32.0 Å². The van der Waals surface area contributed by atoms with Gasteiger partial charge in [-0.15, -0.1) is 0 Å². The Balaban J connectivity index is 1.64. The monoisotopic (exact) mass is 487 g/mol. The van der Waals surface area contributed by atoms with Gasteiger partial charge in [-0.3, -0.25) is 14.8 Å². The minimum absolute atomic E-state index is 0.117. The number of nitrogens with zero attached hydrogens (tertiary/aromatic N) is 5. The van der Waals surface area contributed by atoms with Gasteiger partial charge in [0, 0.05) is 22.7 Å². The summed E-state index contributed by atoms with van der Waals surface area (Å²) in [6.07, 6.45) is 1.61. The second-order valence-corrected chi connectivity index (χ2v) is 8.26. The van der Waals surface area contributed by atoms with E-state index in [0.29, 0.717) is 17.1 Å². The van der Waals surface area contributed by atoms with Crippen LogP contribution in [0.1, 0.15) is 41.9 Å². The van der Waals surface area contributed by atoms with Crippen LogP contribution >= 0.6 is 0 Å². The van der Waals surface area contributed by atoms with Gasteiger partial charge in [-0.2, -0.15) is 5.26 Å². The quantitative estimate of drug-likeness (QED) is 0.212. The van der Waals surface area contributed by atoms with Crippen LogP contribution in [0.3, 0.4) is 0 Å². The van der Waals surface area contributed by atoms with Crippen LogP contribution in [0.4, 0.5) is 0 Å². The molecular weight excluding hydrogens is 462 g/mol. The third-order valence-corrected chi connectivity index (χ3v) is 5.61. The molecule has 1 atom stereocenters. The summed E-state index contributed by atoms with van der Waals surface area (Å²) in [7, 11) is 0. The number of hydrogen-bond donors (Lipinski definition) is 2. The van der Waals surface area contributed by atoms with Crippen LogP contribution in [-0.2, 0) is 4.79 Å². The zero-order valence-corrected chi connectivity index (χ0v) is 20.3. The minimum Gasteiger partial charge on any atom is -0.387 e. The molecule has 8 heteroatoms. The van der Waals surface area contributed by atoms with E-state index in [0.717, 1.165) is 22.0 Å². The van der Waals surface area contributed by atoms with E-state index in [1.54, 1.807) is 31.3 Å². The molecular formula is C29H25N7O. The second kappa shape index (κ2) is 11.5. The highest BCUT2D eigenvalue weighted by Gasteiger charge is 2.15. The van der Waals surface area contributed by atoms with Gasteiger partial charge in [0.05, 0.1) is 35.1 Å². The molecule has 0 radical (unpaired) electrons. The van der Waals surface area contributed by atoms with Gasteiger partial charge in [0.25, 0.3) is 0 Å². The second-order valence-electron chi connectivity index (χ2n) is 8.26. The molecule has 2 heterocycles. The van der Waals surface area contributed by atoms with Gasteiger partial charge in [-0.05, 0) is 44.0 Å². The molecule has 2 aromatic carbocycles. The Morgan fingerprint density at radius 2 is 1.86 bits per heavy atom. The van der Waals surface area contributed by atoms with Crippen LogP contribution in [0.2, 0.25) is 0 Å². The molecule has 182 valence electrons. The van der Waals surface area contributed by atoms with E-state index in [4.69, 9.17) is 11.0 Å². The van der Waals surface area contributed by atoms with E-state index < -0.39 is 6.04 Å².